The predicted molar refractivity (Wildman–Crippen MR) is 82.2 cm³/mol. The molecule has 1 aliphatic rings. The van der Waals surface area contributed by atoms with Crippen molar-refractivity contribution in [1.82, 2.24) is 9.88 Å². The number of hydrazine groups is 1. The number of nitrogens with one attached hydrogen (secondary N) is 1. The van der Waals surface area contributed by atoms with Crippen molar-refractivity contribution < 1.29 is 4.92 Å². The predicted octanol–water partition coefficient (Wildman–Crippen LogP) is 1.20. The van der Waals surface area contributed by atoms with E-state index in [1.54, 1.807) is 0 Å². The number of nitrogens with zero attached hydrogens (tertiary/aromatic N) is 4. The second-order valence-corrected chi connectivity index (χ2v) is 5.80. The molecule has 1 saturated carbocycles. The van der Waals surface area contributed by atoms with Crippen LogP contribution >= 0.6 is 0 Å². The lowest BCUT2D eigenvalue weighted by Crippen LogP contribution is -2.56. The van der Waals surface area contributed by atoms with Gasteiger partial charge in [-0.3, -0.25) is 10.1 Å². The van der Waals surface area contributed by atoms with E-state index in [-0.39, 0.29) is 11.2 Å². The van der Waals surface area contributed by atoms with E-state index in [1.807, 2.05) is 11.9 Å². The first kappa shape index (κ1) is 15.5. The number of hydrogen-bond acceptors (Lipinski definition) is 7. The van der Waals surface area contributed by atoms with E-state index in [2.05, 4.69) is 29.4 Å². The number of rotatable bonds is 6. The maximum absolute atomic E-state index is 11.0. The molecule has 0 amide bonds. The number of nitrogens with two attached hydrogens (primary N) is 1. The van der Waals surface area contributed by atoms with Gasteiger partial charge in [0.2, 0.25) is 0 Å². The molecular formula is C13H22N6O2. The molecule has 0 aromatic carbocycles. The molecule has 0 bridgehead atoms. The van der Waals surface area contributed by atoms with Crippen molar-refractivity contribution in [1.29, 1.82) is 0 Å². The Morgan fingerprint density at radius 2 is 2.10 bits per heavy atom. The SMILES string of the molecule is CN(CC1(N(C)C)CCC1)c1cc([N+](=O)[O-])cc(NN)n1. The van der Waals surface area contributed by atoms with Crippen LogP contribution in [0.5, 0.6) is 0 Å². The third kappa shape index (κ3) is 3.06. The summed E-state index contributed by atoms with van der Waals surface area (Å²) in [5, 5.41) is 11.0. The first-order chi connectivity index (χ1) is 9.88. The van der Waals surface area contributed by atoms with Crippen LogP contribution < -0.4 is 16.2 Å². The monoisotopic (exact) mass is 294 g/mol. The average molecular weight is 294 g/mol. The maximum Gasteiger partial charge on any atom is 0.276 e. The molecule has 3 N–H and O–H groups in total. The van der Waals surface area contributed by atoms with Gasteiger partial charge in [0, 0.05) is 19.1 Å². The molecule has 1 aromatic rings. The van der Waals surface area contributed by atoms with Crippen LogP contribution in [-0.4, -0.2) is 48.0 Å². The zero-order chi connectivity index (χ0) is 15.6. The van der Waals surface area contributed by atoms with Crippen LogP contribution in [0.15, 0.2) is 12.1 Å². The Balaban J connectivity index is 2.24. The van der Waals surface area contributed by atoms with Gasteiger partial charge in [-0.1, -0.05) is 0 Å². The van der Waals surface area contributed by atoms with Crippen LogP contribution in [0.1, 0.15) is 19.3 Å². The minimum Gasteiger partial charge on any atom is -0.358 e. The number of likely N-dealkylation sites (N-methyl/N-ethyl adjacent to an activating group) is 2. The number of nitro groups is 1. The molecule has 21 heavy (non-hydrogen) atoms. The normalized spacial score (nSPS) is 16.4. The van der Waals surface area contributed by atoms with Gasteiger partial charge in [0.05, 0.1) is 17.1 Å². The lowest BCUT2D eigenvalue weighted by Gasteiger charge is -2.49. The first-order valence-corrected chi connectivity index (χ1v) is 6.90. The highest BCUT2D eigenvalue weighted by molar-refractivity contribution is 5.55. The Morgan fingerprint density at radius 3 is 2.52 bits per heavy atom. The van der Waals surface area contributed by atoms with Gasteiger partial charge in [-0.2, -0.15) is 0 Å². The van der Waals surface area contributed by atoms with Gasteiger partial charge in [0.25, 0.3) is 5.69 Å². The van der Waals surface area contributed by atoms with Crippen molar-refractivity contribution in [3.05, 3.63) is 22.2 Å². The molecule has 0 atom stereocenters. The minimum atomic E-state index is -0.440. The van der Waals surface area contributed by atoms with Gasteiger partial charge >= 0.3 is 0 Å². The number of hydrogen-bond donors (Lipinski definition) is 2. The summed E-state index contributed by atoms with van der Waals surface area (Å²) in [6.45, 7) is 0.776. The Labute approximate surface area is 124 Å². The third-order valence-corrected chi connectivity index (χ3v) is 4.31. The quantitative estimate of drug-likeness (QED) is 0.462. The Kier molecular flexibility index (Phi) is 4.29. The molecule has 0 unspecified atom stereocenters. The van der Waals surface area contributed by atoms with Crippen molar-refractivity contribution >= 4 is 17.3 Å². The lowest BCUT2D eigenvalue weighted by molar-refractivity contribution is -0.384. The van der Waals surface area contributed by atoms with Crippen LogP contribution in [0.3, 0.4) is 0 Å². The lowest BCUT2D eigenvalue weighted by atomic mass is 9.75. The average Bonchev–Trinajstić information content (AvgIpc) is 2.41. The fourth-order valence-corrected chi connectivity index (χ4v) is 2.73. The van der Waals surface area contributed by atoms with Gasteiger partial charge in [-0.25, -0.2) is 10.8 Å². The van der Waals surface area contributed by atoms with E-state index in [1.165, 1.54) is 18.6 Å². The van der Waals surface area contributed by atoms with Gasteiger partial charge in [0.15, 0.2) is 0 Å². The Morgan fingerprint density at radius 1 is 1.43 bits per heavy atom. The summed E-state index contributed by atoms with van der Waals surface area (Å²) in [5.74, 6) is 6.18. The van der Waals surface area contributed by atoms with E-state index in [4.69, 9.17) is 5.84 Å². The van der Waals surface area contributed by atoms with Crippen molar-refractivity contribution in [3.63, 3.8) is 0 Å². The Bertz CT molecular complexity index is 529. The number of aromatic nitrogens is 1. The second kappa shape index (κ2) is 5.82. The van der Waals surface area contributed by atoms with E-state index in [0.717, 1.165) is 19.4 Å². The van der Waals surface area contributed by atoms with E-state index in [9.17, 15) is 10.1 Å². The molecule has 2 rings (SSSR count). The molecule has 1 aromatic heterocycles. The molecule has 116 valence electrons. The summed E-state index contributed by atoms with van der Waals surface area (Å²) in [4.78, 5) is 19.0. The molecule has 0 aliphatic heterocycles. The van der Waals surface area contributed by atoms with Gasteiger partial charge in [-0.15, -0.1) is 0 Å². The van der Waals surface area contributed by atoms with Crippen LogP contribution in [0, 0.1) is 10.1 Å². The van der Waals surface area contributed by atoms with Crippen molar-refractivity contribution in [3.8, 4) is 0 Å². The third-order valence-electron chi connectivity index (χ3n) is 4.31. The maximum atomic E-state index is 11.0. The summed E-state index contributed by atoms with van der Waals surface area (Å²) in [6.07, 6.45) is 3.46. The highest BCUT2D eigenvalue weighted by atomic mass is 16.6. The molecule has 0 radical (unpaired) electrons. The molecule has 8 nitrogen and oxygen atoms in total. The smallest absolute Gasteiger partial charge is 0.276 e. The largest absolute Gasteiger partial charge is 0.358 e. The Hall–Kier alpha value is -1.93. The van der Waals surface area contributed by atoms with Gasteiger partial charge < -0.3 is 15.2 Å². The fraction of sp³-hybridized carbons (Fsp3) is 0.615. The molecule has 8 heteroatoms. The highest BCUT2D eigenvalue weighted by Gasteiger charge is 2.40. The standard InChI is InChI=1S/C13H22N6O2/c1-17(2)13(5-4-6-13)9-18(3)12-8-10(19(20)21)7-11(15-12)16-14/h7-8H,4-6,9,14H2,1-3H3,(H,15,16). The zero-order valence-electron chi connectivity index (χ0n) is 12.7. The summed E-state index contributed by atoms with van der Waals surface area (Å²) < 4.78 is 0. The fourth-order valence-electron chi connectivity index (χ4n) is 2.73. The van der Waals surface area contributed by atoms with Crippen molar-refractivity contribution in [2.75, 3.05) is 38.0 Å². The molecule has 0 saturated heterocycles. The summed E-state index contributed by atoms with van der Waals surface area (Å²) in [6, 6.07) is 2.80. The summed E-state index contributed by atoms with van der Waals surface area (Å²) in [7, 11) is 6.04. The van der Waals surface area contributed by atoms with Crippen LogP contribution in [0.4, 0.5) is 17.3 Å². The number of nitrogen functional groups attached to an aromatic ring is 1. The highest BCUT2D eigenvalue weighted by Crippen LogP contribution is 2.37. The molecular weight excluding hydrogens is 272 g/mol. The number of pyridine rings is 1. The van der Waals surface area contributed by atoms with Crippen LogP contribution in [0.2, 0.25) is 0 Å². The zero-order valence-corrected chi connectivity index (χ0v) is 12.7. The van der Waals surface area contributed by atoms with E-state index in [0.29, 0.717) is 11.6 Å². The summed E-state index contributed by atoms with van der Waals surface area (Å²) in [5.41, 5.74) is 2.48. The number of anilines is 2. The molecule has 1 aliphatic carbocycles. The topological polar surface area (TPSA) is 101 Å². The molecule has 1 fully saturated rings. The van der Waals surface area contributed by atoms with Gasteiger partial charge in [0.1, 0.15) is 11.6 Å². The minimum absolute atomic E-state index is 0.0210. The van der Waals surface area contributed by atoms with Crippen molar-refractivity contribution in [2.45, 2.75) is 24.8 Å². The van der Waals surface area contributed by atoms with E-state index >= 15 is 0 Å². The van der Waals surface area contributed by atoms with E-state index < -0.39 is 4.92 Å². The van der Waals surface area contributed by atoms with Crippen LogP contribution in [0.25, 0.3) is 0 Å². The second-order valence-electron chi connectivity index (χ2n) is 5.80. The molecule has 0 spiro atoms. The summed E-state index contributed by atoms with van der Waals surface area (Å²) >= 11 is 0. The first-order valence-electron chi connectivity index (χ1n) is 6.90. The van der Waals surface area contributed by atoms with Crippen LogP contribution in [-0.2, 0) is 0 Å². The van der Waals surface area contributed by atoms with Gasteiger partial charge in [-0.05, 0) is 33.4 Å². The molecule has 1 heterocycles. The van der Waals surface area contributed by atoms with Crippen molar-refractivity contribution in [2.24, 2.45) is 5.84 Å².